The van der Waals surface area contributed by atoms with Gasteiger partial charge in [0.25, 0.3) is 0 Å². The van der Waals surface area contributed by atoms with Gasteiger partial charge < -0.3 is 4.98 Å². The van der Waals surface area contributed by atoms with Crippen molar-refractivity contribution in [3.05, 3.63) is 33.7 Å². The zero-order valence-electron chi connectivity index (χ0n) is 8.63. The summed E-state index contributed by atoms with van der Waals surface area (Å²) in [7, 11) is 0. The molecule has 1 fully saturated rings. The van der Waals surface area contributed by atoms with Crippen molar-refractivity contribution in [3.63, 3.8) is 0 Å². The van der Waals surface area contributed by atoms with Crippen LogP contribution >= 0.6 is 0 Å². The van der Waals surface area contributed by atoms with Crippen LogP contribution in [-0.2, 0) is 6.42 Å². The maximum atomic E-state index is 11.3. The van der Waals surface area contributed by atoms with Crippen molar-refractivity contribution in [1.29, 1.82) is 0 Å². The van der Waals surface area contributed by atoms with Crippen LogP contribution in [0.25, 0.3) is 0 Å². The van der Waals surface area contributed by atoms with Crippen molar-refractivity contribution in [2.75, 3.05) is 0 Å². The Hall–Kier alpha value is -1.05. The van der Waals surface area contributed by atoms with E-state index in [1.54, 1.807) is 6.07 Å². The molecule has 0 spiro atoms. The summed E-state index contributed by atoms with van der Waals surface area (Å²) in [5, 5.41) is 0. The van der Waals surface area contributed by atoms with Gasteiger partial charge in [0.2, 0.25) is 5.56 Å². The van der Waals surface area contributed by atoms with Crippen molar-refractivity contribution in [2.24, 2.45) is 11.3 Å². The van der Waals surface area contributed by atoms with Crippen molar-refractivity contribution in [2.45, 2.75) is 32.6 Å². The van der Waals surface area contributed by atoms with Gasteiger partial charge in [-0.05, 0) is 29.7 Å². The van der Waals surface area contributed by atoms with E-state index in [9.17, 15) is 4.79 Å². The van der Waals surface area contributed by atoms with Crippen LogP contribution in [0.2, 0.25) is 0 Å². The Morgan fingerprint density at radius 3 is 3.00 bits per heavy atom. The Kier molecular flexibility index (Phi) is 1.36. The number of nitrogens with one attached hydrogen (secondary N) is 1. The lowest BCUT2D eigenvalue weighted by Gasteiger charge is -2.13. The summed E-state index contributed by atoms with van der Waals surface area (Å²) < 4.78 is 0. The Bertz CT molecular complexity index is 444. The molecule has 0 radical (unpaired) electrons. The molecule has 0 aliphatic heterocycles. The normalized spacial score (nSPS) is 31.9. The second kappa shape index (κ2) is 2.30. The van der Waals surface area contributed by atoms with Gasteiger partial charge in [-0.25, -0.2) is 0 Å². The second-order valence-electron chi connectivity index (χ2n) is 5.21. The summed E-state index contributed by atoms with van der Waals surface area (Å²) in [6.45, 7) is 4.62. The number of rotatable bonds is 0. The van der Waals surface area contributed by atoms with E-state index in [0.717, 1.165) is 12.3 Å². The number of pyridine rings is 1. The van der Waals surface area contributed by atoms with Gasteiger partial charge in [-0.15, -0.1) is 0 Å². The van der Waals surface area contributed by atoms with Crippen LogP contribution in [0.15, 0.2) is 16.9 Å². The van der Waals surface area contributed by atoms with E-state index in [-0.39, 0.29) is 5.56 Å². The third-order valence-corrected chi connectivity index (χ3v) is 4.13. The standard InChI is InChI=1S/C12H15NO/c1-12(2)8-5-3-7-4-6-9(14)13-11(7)10(8)12/h4,6,8,10H,3,5H2,1-2H3,(H,13,14). The molecule has 0 amide bonds. The first-order valence-electron chi connectivity index (χ1n) is 5.33. The first-order valence-corrected chi connectivity index (χ1v) is 5.33. The molecule has 2 aliphatic rings. The summed E-state index contributed by atoms with van der Waals surface area (Å²) in [5.41, 5.74) is 3.04. The van der Waals surface area contributed by atoms with E-state index in [1.165, 1.54) is 17.7 Å². The molecule has 74 valence electrons. The molecule has 1 aromatic heterocycles. The molecule has 1 saturated carbocycles. The van der Waals surface area contributed by atoms with E-state index in [2.05, 4.69) is 18.8 Å². The molecule has 14 heavy (non-hydrogen) atoms. The molecule has 2 heteroatoms. The number of fused-ring (bicyclic) bond motifs is 3. The van der Waals surface area contributed by atoms with Gasteiger partial charge in [-0.3, -0.25) is 4.79 Å². The van der Waals surface area contributed by atoms with Gasteiger partial charge in [0.05, 0.1) is 0 Å². The van der Waals surface area contributed by atoms with E-state index < -0.39 is 0 Å². The fourth-order valence-corrected chi connectivity index (χ4v) is 3.18. The van der Waals surface area contributed by atoms with E-state index in [1.807, 2.05) is 6.07 Å². The zero-order valence-corrected chi connectivity index (χ0v) is 8.63. The number of aromatic nitrogens is 1. The van der Waals surface area contributed by atoms with Crippen LogP contribution in [0, 0.1) is 11.3 Å². The maximum absolute atomic E-state index is 11.3. The average molecular weight is 189 g/mol. The Balaban J connectivity index is 2.15. The molecule has 0 bridgehead atoms. The molecule has 0 aromatic carbocycles. The highest BCUT2D eigenvalue weighted by atomic mass is 16.1. The third kappa shape index (κ3) is 0.887. The number of hydrogen-bond donors (Lipinski definition) is 1. The average Bonchev–Trinajstić information content (AvgIpc) is 2.70. The summed E-state index contributed by atoms with van der Waals surface area (Å²) in [5.74, 6) is 1.41. The Morgan fingerprint density at radius 2 is 2.21 bits per heavy atom. The number of H-pyrrole nitrogens is 1. The van der Waals surface area contributed by atoms with Gasteiger partial charge >= 0.3 is 0 Å². The maximum Gasteiger partial charge on any atom is 0.248 e. The molecule has 2 nitrogen and oxygen atoms in total. The van der Waals surface area contributed by atoms with Crippen LogP contribution in [-0.4, -0.2) is 4.98 Å². The van der Waals surface area contributed by atoms with Crippen LogP contribution in [0.5, 0.6) is 0 Å². The smallest absolute Gasteiger partial charge is 0.248 e. The first-order chi connectivity index (χ1) is 6.60. The Labute approximate surface area is 83.4 Å². The SMILES string of the molecule is CC1(C)C2CCc3ccc(=O)[nH]c3C21. The van der Waals surface area contributed by atoms with E-state index in [0.29, 0.717) is 11.3 Å². The van der Waals surface area contributed by atoms with Crippen LogP contribution < -0.4 is 5.56 Å². The van der Waals surface area contributed by atoms with Gasteiger partial charge in [0.1, 0.15) is 0 Å². The molecule has 1 heterocycles. The van der Waals surface area contributed by atoms with Gasteiger partial charge in [-0.1, -0.05) is 19.9 Å². The van der Waals surface area contributed by atoms with Gasteiger partial charge in [-0.2, -0.15) is 0 Å². The topological polar surface area (TPSA) is 32.9 Å². The highest BCUT2D eigenvalue weighted by Crippen LogP contribution is 2.67. The lowest BCUT2D eigenvalue weighted by atomic mass is 9.96. The lowest BCUT2D eigenvalue weighted by Crippen LogP contribution is -2.12. The Morgan fingerprint density at radius 1 is 1.43 bits per heavy atom. The molecular formula is C12H15NO. The summed E-state index contributed by atoms with van der Waals surface area (Å²) >= 11 is 0. The minimum Gasteiger partial charge on any atom is -0.326 e. The predicted molar refractivity (Wildman–Crippen MR) is 55.4 cm³/mol. The van der Waals surface area contributed by atoms with Crippen molar-refractivity contribution in [3.8, 4) is 0 Å². The van der Waals surface area contributed by atoms with Crippen molar-refractivity contribution >= 4 is 0 Å². The summed E-state index contributed by atoms with van der Waals surface area (Å²) in [6.07, 6.45) is 2.42. The van der Waals surface area contributed by atoms with Gasteiger partial charge in [0, 0.05) is 17.7 Å². The molecule has 2 aliphatic carbocycles. The quantitative estimate of drug-likeness (QED) is 0.665. The molecule has 2 atom stereocenters. The third-order valence-electron chi connectivity index (χ3n) is 4.13. The second-order valence-corrected chi connectivity index (χ2v) is 5.21. The zero-order chi connectivity index (χ0) is 9.92. The highest BCUT2D eigenvalue weighted by molar-refractivity contribution is 5.36. The van der Waals surface area contributed by atoms with Crippen molar-refractivity contribution in [1.82, 2.24) is 4.98 Å². The van der Waals surface area contributed by atoms with E-state index in [4.69, 9.17) is 0 Å². The number of aromatic amines is 1. The fraction of sp³-hybridized carbons (Fsp3) is 0.583. The summed E-state index contributed by atoms with van der Waals surface area (Å²) in [4.78, 5) is 14.3. The van der Waals surface area contributed by atoms with Crippen molar-refractivity contribution < 1.29 is 0 Å². The molecule has 1 aromatic rings. The van der Waals surface area contributed by atoms with Crippen LogP contribution in [0.1, 0.15) is 37.4 Å². The molecular weight excluding hydrogens is 174 g/mol. The monoisotopic (exact) mass is 189 g/mol. The molecule has 2 unspecified atom stereocenters. The lowest BCUT2D eigenvalue weighted by molar-refractivity contribution is 0.535. The van der Waals surface area contributed by atoms with E-state index >= 15 is 0 Å². The minimum absolute atomic E-state index is 0.0482. The fourth-order valence-electron chi connectivity index (χ4n) is 3.18. The largest absolute Gasteiger partial charge is 0.326 e. The highest BCUT2D eigenvalue weighted by Gasteiger charge is 2.60. The molecule has 0 saturated heterocycles. The van der Waals surface area contributed by atoms with Crippen LogP contribution in [0.3, 0.4) is 0 Å². The number of aryl methyl sites for hydroxylation is 1. The van der Waals surface area contributed by atoms with Crippen LogP contribution in [0.4, 0.5) is 0 Å². The minimum atomic E-state index is 0.0482. The summed E-state index contributed by atoms with van der Waals surface area (Å²) in [6, 6.07) is 3.65. The van der Waals surface area contributed by atoms with Gasteiger partial charge in [0.15, 0.2) is 0 Å². The number of hydrogen-bond acceptors (Lipinski definition) is 1. The molecule has 3 rings (SSSR count). The molecule has 1 N–H and O–H groups in total. The predicted octanol–water partition coefficient (Wildman–Crippen LogP) is 2.06. The first kappa shape index (κ1) is 8.27.